The van der Waals surface area contributed by atoms with E-state index in [-0.39, 0.29) is 17.3 Å². The van der Waals surface area contributed by atoms with Gasteiger partial charge in [-0.25, -0.2) is 14.8 Å². The van der Waals surface area contributed by atoms with Gasteiger partial charge in [-0.15, -0.1) is 0 Å². The zero-order valence-corrected chi connectivity index (χ0v) is 12.5. The van der Waals surface area contributed by atoms with Crippen LogP contribution in [0.4, 0.5) is 0 Å². The SMILES string of the molecule is CCc1ccc(CN(C)C(=O)c2cnc(C(=O)O)cn2)cc1. The van der Waals surface area contributed by atoms with E-state index in [4.69, 9.17) is 5.11 Å². The molecule has 0 atom stereocenters. The first-order chi connectivity index (χ1) is 10.5. The van der Waals surface area contributed by atoms with Gasteiger partial charge in [0.2, 0.25) is 0 Å². The zero-order valence-electron chi connectivity index (χ0n) is 12.5. The van der Waals surface area contributed by atoms with Crippen LogP contribution in [0.15, 0.2) is 36.7 Å². The lowest BCUT2D eigenvalue weighted by Crippen LogP contribution is -2.27. The maximum atomic E-state index is 12.2. The van der Waals surface area contributed by atoms with Gasteiger partial charge in [-0.3, -0.25) is 4.79 Å². The Hall–Kier alpha value is -2.76. The summed E-state index contributed by atoms with van der Waals surface area (Å²) in [5, 5.41) is 8.76. The van der Waals surface area contributed by atoms with Crippen molar-refractivity contribution in [2.75, 3.05) is 7.05 Å². The van der Waals surface area contributed by atoms with Crippen molar-refractivity contribution in [3.8, 4) is 0 Å². The maximum Gasteiger partial charge on any atom is 0.356 e. The molecule has 0 saturated heterocycles. The molecule has 0 aliphatic heterocycles. The number of amides is 1. The maximum absolute atomic E-state index is 12.2. The largest absolute Gasteiger partial charge is 0.476 e. The molecule has 0 saturated carbocycles. The number of benzene rings is 1. The van der Waals surface area contributed by atoms with Crippen molar-refractivity contribution in [1.82, 2.24) is 14.9 Å². The van der Waals surface area contributed by atoms with E-state index in [1.165, 1.54) is 16.7 Å². The van der Waals surface area contributed by atoms with Crippen LogP contribution in [0.5, 0.6) is 0 Å². The van der Waals surface area contributed by atoms with Crippen LogP contribution >= 0.6 is 0 Å². The van der Waals surface area contributed by atoms with Crippen LogP contribution in [0.3, 0.4) is 0 Å². The number of carbonyl (C=O) groups is 2. The highest BCUT2D eigenvalue weighted by molar-refractivity contribution is 5.92. The average molecular weight is 299 g/mol. The molecule has 114 valence electrons. The molecule has 0 spiro atoms. The van der Waals surface area contributed by atoms with Gasteiger partial charge in [0.25, 0.3) is 5.91 Å². The summed E-state index contributed by atoms with van der Waals surface area (Å²) in [6.45, 7) is 2.54. The Morgan fingerprint density at radius 1 is 1.05 bits per heavy atom. The first-order valence-electron chi connectivity index (χ1n) is 6.90. The van der Waals surface area contributed by atoms with Crippen molar-refractivity contribution in [2.24, 2.45) is 0 Å². The van der Waals surface area contributed by atoms with Crippen molar-refractivity contribution in [3.05, 3.63) is 59.2 Å². The summed E-state index contributed by atoms with van der Waals surface area (Å²) >= 11 is 0. The molecule has 1 aromatic carbocycles. The molecule has 6 heteroatoms. The first-order valence-corrected chi connectivity index (χ1v) is 6.90. The van der Waals surface area contributed by atoms with Gasteiger partial charge < -0.3 is 10.0 Å². The minimum atomic E-state index is -1.17. The molecule has 6 nitrogen and oxygen atoms in total. The van der Waals surface area contributed by atoms with Crippen LogP contribution in [0.1, 0.15) is 39.0 Å². The highest BCUT2D eigenvalue weighted by Gasteiger charge is 2.15. The fourth-order valence-corrected chi connectivity index (χ4v) is 1.97. The highest BCUT2D eigenvalue weighted by atomic mass is 16.4. The van der Waals surface area contributed by atoms with E-state index in [0.29, 0.717) is 6.54 Å². The molecule has 22 heavy (non-hydrogen) atoms. The zero-order chi connectivity index (χ0) is 16.1. The first kappa shape index (κ1) is 15.6. The minimum Gasteiger partial charge on any atom is -0.476 e. The summed E-state index contributed by atoms with van der Waals surface area (Å²) in [7, 11) is 1.67. The Morgan fingerprint density at radius 2 is 1.59 bits per heavy atom. The molecule has 1 heterocycles. The molecular formula is C16H17N3O3. The van der Waals surface area contributed by atoms with Gasteiger partial charge in [0.1, 0.15) is 5.69 Å². The second-order valence-corrected chi connectivity index (χ2v) is 4.92. The number of nitrogens with zero attached hydrogens (tertiary/aromatic N) is 3. The van der Waals surface area contributed by atoms with Gasteiger partial charge in [0, 0.05) is 13.6 Å². The molecule has 2 aromatic rings. The standard InChI is InChI=1S/C16H17N3O3/c1-3-11-4-6-12(7-5-11)10-19(2)15(20)13-8-18-14(9-17-13)16(21)22/h4-9H,3,10H2,1-2H3,(H,21,22). The molecule has 2 rings (SSSR count). The van der Waals surface area contributed by atoms with E-state index in [1.54, 1.807) is 7.05 Å². The molecule has 0 bridgehead atoms. The van der Waals surface area contributed by atoms with Crippen molar-refractivity contribution in [1.29, 1.82) is 0 Å². The Balaban J connectivity index is 2.06. The summed E-state index contributed by atoms with van der Waals surface area (Å²) < 4.78 is 0. The van der Waals surface area contributed by atoms with Gasteiger partial charge in [0.15, 0.2) is 5.69 Å². The van der Waals surface area contributed by atoms with Gasteiger partial charge in [-0.05, 0) is 17.5 Å². The number of rotatable bonds is 5. The molecule has 0 radical (unpaired) electrons. The minimum absolute atomic E-state index is 0.123. The number of aromatic nitrogens is 2. The summed E-state index contributed by atoms with van der Waals surface area (Å²) in [4.78, 5) is 32.0. The van der Waals surface area contributed by atoms with Crippen LogP contribution in [-0.2, 0) is 13.0 Å². The number of aryl methyl sites for hydroxylation is 1. The summed E-state index contributed by atoms with van der Waals surface area (Å²) in [5.41, 5.74) is 2.20. The molecule has 1 amide bonds. The van der Waals surface area contributed by atoms with Gasteiger partial charge in [-0.1, -0.05) is 31.2 Å². The molecule has 0 aliphatic carbocycles. The van der Waals surface area contributed by atoms with Crippen LogP contribution < -0.4 is 0 Å². The van der Waals surface area contributed by atoms with Crippen molar-refractivity contribution in [2.45, 2.75) is 19.9 Å². The van der Waals surface area contributed by atoms with Crippen molar-refractivity contribution in [3.63, 3.8) is 0 Å². The van der Waals surface area contributed by atoms with E-state index < -0.39 is 5.97 Å². The summed E-state index contributed by atoms with van der Waals surface area (Å²) in [6.07, 6.45) is 3.24. The van der Waals surface area contributed by atoms with Crippen LogP contribution in [0.25, 0.3) is 0 Å². The predicted octanol–water partition coefficient (Wildman–Crippen LogP) is 2.01. The number of hydrogen-bond acceptors (Lipinski definition) is 4. The Kier molecular flexibility index (Phi) is 4.83. The summed E-state index contributed by atoms with van der Waals surface area (Å²) in [5.74, 6) is -1.47. The molecule has 1 aromatic heterocycles. The lowest BCUT2D eigenvalue weighted by Gasteiger charge is -2.16. The van der Waals surface area contributed by atoms with Gasteiger partial charge >= 0.3 is 5.97 Å². The number of aromatic carboxylic acids is 1. The molecule has 0 unspecified atom stereocenters. The third-order valence-electron chi connectivity index (χ3n) is 3.29. The number of carbonyl (C=O) groups excluding carboxylic acids is 1. The van der Waals surface area contributed by atoms with Gasteiger partial charge in [-0.2, -0.15) is 0 Å². The number of carboxylic acids is 1. The molecular weight excluding hydrogens is 282 g/mol. The van der Waals surface area contributed by atoms with Crippen LogP contribution in [-0.4, -0.2) is 38.9 Å². The predicted molar refractivity (Wildman–Crippen MR) is 80.6 cm³/mol. The lowest BCUT2D eigenvalue weighted by molar-refractivity contribution is 0.0687. The summed E-state index contributed by atoms with van der Waals surface area (Å²) in [6, 6.07) is 8.05. The Bertz CT molecular complexity index is 666. The quantitative estimate of drug-likeness (QED) is 0.913. The highest BCUT2D eigenvalue weighted by Crippen LogP contribution is 2.09. The smallest absolute Gasteiger partial charge is 0.356 e. The second kappa shape index (κ2) is 6.80. The second-order valence-electron chi connectivity index (χ2n) is 4.92. The fourth-order valence-electron chi connectivity index (χ4n) is 1.97. The average Bonchev–Trinajstić information content (AvgIpc) is 2.55. The van der Waals surface area contributed by atoms with E-state index in [2.05, 4.69) is 16.9 Å². The lowest BCUT2D eigenvalue weighted by atomic mass is 10.1. The third kappa shape index (κ3) is 3.66. The van der Waals surface area contributed by atoms with Crippen molar-refractivity contribution < 1.29 is 14.7 Å². The Morgan fingerprint density at radius 3 is 2.09 bits per heavy atom. The third-order valence-corrected chi connectivity index (χ3v) is 3.29. The molecule has 0 aliphatic rings. The van der Waals surface area contributed by atoms with E-state index >= 15 is 0 Å². The molecule has 1 N–H and O–H groups in total. The van der Waals surface area contributed by atoms with Crippen molar-refractivity contribution >= 4 is 11.9 Å². The normalized spacial score (nSPS) is 10.3. The van der Waals surface area contributed by atoms with Crippen LogP contribution in [0, 0.1) is 0 Å². The molecule has 0 fully saturated rings. The van der Waals surface area contributed by atoms with Crippen LogP contribution in [0.2, 0.25) is 0 Å². The monoisotopic (exact) mass is 299 g/mol. The Labute approximate surface area is 128 Å². The van der Waals surface area contributed by atoms with Gasteiger partial charge in [0.05, 0.1) is 12.4 Å². The fraction of sp³-hybridized carbons (Fsp3) is 0.250. The number of carboxylic acid groups (broad SMARTS) is 1. The van der Waals surface area contributed by atoms with E-state index in [9.17, 15) is 9.59 Å². The number of hydrogen-bond donors (Lipinski definition) is 1. The van der Waals surface area contributed by atoms with E-state index in [1.807, 2.05) is 24.3 Å². The topological polar surface area (TPSA) is 83.4 Å². The van der Waals surface area contributed by atoms with E-state index in [0.717, 1.165) is 18.2 Å².